The zero-order valence-corrected chi connectivity index (χ0v) is 15.2. The second-order valence-corrected chi connectivity index (χ2v) is 6.28. The third-order valence-electron chi connectivity index (χ3n) is 4.53. The van der Waals surface area contributed by atoms with Crippen molar-refractivity contribution in [1.82, 2.24) is 4.98 Å². The minimum Gasteiger partial charge on any atom is -0.495 e. The number of hydrogen-bond acceptors (Lipinski definition) is 3. The lowest BCUT2D eigenvalue weighted by Crippen LogP contribution is -2.03. The summed E-state index contributed by atoms with van der Waals surface area (Å²) in [7, 11) is 1.58. The second-order valence-electron chi connectivity index (χ2n) is 6.28. The van der Waals surface area contributed by atoms with Gasteiger partial charge in [-0.15, -0.1) is 0 Å². The van der Waals surface area contributed by atoms with Gasteiger partial charge in [0.1, 0.15) is 11.9 Å². The SMILES string of the molecule is COc1cc[nH]c1/C=C1\C(=O)Nc2cccc(C#CC(O)c3ccccc3)c21. The Morgan fingerprint density at radius 1 is 1.11 bits per heavy atom. The first-order valence-corrected chi connectivity index (χ1v) is 8.79. The van der Waals surface area contributed by atoms with Crippen LogP contribution in [0.4, 0.5) is 5.69 Å². The summed E-state index contributed by atoms with van der Waals surface area (Å²) in [6, 6.07) is 16.5. The second kappa shape index (κ2) is 7.47. The number of H-pyrrole nitrogens is 1. The van der Waals surface area contributed by atoms with E-state index in [1.807, 2.05) is 48.5 Å². The molecule has 0 fully saturated rings. The largest absolute Gasteiger partial charge is 0.495 e. The molecule has 1 aliphatic heterocycles. The number of aliphatic hydroxyl groups is 1. The lowest BCUT2D eigenvalue weighted by Gasteiger charge is -2.05. The molecule has 0 aliphatic carbocycles. The molecular formula is C23H18N2O3. The van der Waals surface area contributed by atoms with Crippen molar-refractivity contribution in [2.45, 2.75) is 6.10 Å². The molecule has 138 valence electrons. The van der Waals surface area contributed by atoms with Crippen molar-refractivity contribution in [2.75, 3.05) is 12.4 Å². The average Bonchev–Trinajstić information content (AvgIpc) is 3.31. The Morgan fingerprint density at radius 3 is 2.71 bits per heavy atom. The molecule has 2 aromatic carbocycles. The maximum absolute atomic E-state index is 12.5. The number of aromatic amines is 1. The number of fused-ring (bicyclic) bond motifs is 1. The van der Waals surface area contributed by atoms with E-state index in [9.17, 15) is 9.90 Å². The van der Waals surface area contributed by atoms with Gasteiger partial charge in [0.2, 0.25) is 0 Å². The van der Waals surface area contributed by atoms with Crippen molar-refractivity contribution in [3.63, 3.8) is 0 Å². The summed E-state index contributed by atoms with van der Waals surface area (Å²) >= 11 is 0. The first kappa shape index (κ1) is 17.7. The van der Waals surface area contributed by atoms with Crippen molar-refractivity contribution in [2.24, 2.45) is 0 Å². The molecule has 5 heteroatoms. The lowest BCUT2D eigenvalue weighted by molar-refractivity contribution is -0.110. The molecule has 1 unspecified atom stereocenters. The van der Waals surface area contributed by atoms with E-state index in [0.717, 1.165) is 11.1 Å². The molecule has 4 rings (SSSR count). The zero-order chi connectivity index (χ0) is 19.5. The highest BCUT2D eigenvalue weighted by Gasteiger charge is 2.27. The van der Waals surface area contributed by atoms with E-state index < -0.39 is 6.10 Å². The van der Waals surface area contributed by atoms with E-state index in [4.69, 9.17) is 4.74 Å². The van der Waals surface area contributed by atoms with Gasteiger partial charge in [-0.2, -0.15) is 0 Å². The number of anilines is 1. The van der Waals surface area contributed by atoms with Crippen molar-refractivity contribution in [3.8, 4) is 17.6 Å². The standard InChI is InChI=1S/C23H18N2O3/c1-28-21-12-13-24-19(21)14-17-22-16(8-5-9-18(22)25-23(17)27)10-11-20(26)15-6-3-2-4-7-15/h2-9,12-14,20,24,26H,1H3,(H,25,27)/b17-14-. The predicted octanol–water partition coefficient (Wildman–Crippen LogP) is 3.60. The van der Waals surface area contributed by atoms with Crippen LogP contribution >= 0.6 is 0 Å². The van der Waals surface area contributed by atoms with Gasteiger partial charge in [-0.3, -0.25) is 4.79 Å². The number of methoxy groups -OCH3 is 1. The number of aliphatic hydroxyl groups excluding tert-OH is 1. The van der Waals surface area contributed by atoms with Crippen molar-refractivity contribution < 1.29 is 14.6 Å². The van der Waals surface area contributed by atoms with E-state index in [2.05, 4.69) is 22.1 Å². The van der Waals surface area contributed by atoms with Gasteiger partial charge in [0, 0.05) is 17.3 Å². The number of aromatic nitrogens is 1. The van der Waals surface area contributed by atoms with Crippen LogP contribution in [0.25, 0.3) is 11.6 Å². The summed E-state index contributed by atoms with van der Waals surface area (Å²) in [6.45, 7) is 0. The number of nitrogens with one attached hydrogen (secondary N) is 2. The molecule has 0 radical (unpaired) electrons. The monoisotopic (exact) mass is 370 g/mol. The minimum absolute atomic E-state index is 0.204. The topological polar surface area (TPSA) is 74.4 Å². The highest BCUT2D eigenvalue weighted by Crippen LogP contribution is 2.36. The summed E-state index contributed by atoms with van der Waals surface area (Å²) in [5.74, 6) is 6.34. The third-order valence-corrected chi connectivity index (χ3v) is 4.53. The fourth-order valence-electron chi connectivity index (χ4n) is 3.16. The summed E-state index contributed by atoms with van der Waals surface area (Å²) in [4.78, 5) is 15.6. The maximum atomic E-state index is 12.5. The van der Waals surface area contributed by atoms with Crippen LogP contribution in [0.15, 0.2) is 60.8 Å². The van der Waals surface area contributed by atoms with E-state index in [-0.39, 0.29) is 5.91 Å². The molecule has 3 aromatic rings. The van der Waals surface area contributed by atoms with Gasteiger partial charge in [-0.05, 0) is 29.8 Å². The third kappa shape index (κ3) is 3.29. The quantitative estimate of drug-likeness (QED) is 0.487. The van der Waals surface area contributed by atoms with Gasteiger partial charge < -0.3 is 20.1 Å². The molecule has 0 bridgehead atoms. The highest BCUT2D eigenvalue weighted by molar-refractivity contribution is 6.35. The van der Waals surface area contributed by atoms with E-state index >= 15 is 0 Å². The maximum Gasteiger partial charge on any atom is 0.256 e. The molecule has 0 saturated carbocycles. The minimum atomic E-state index is -0.905. The van der Waals surface area contributed by atoms with Crippen LogP contribution < -0.4 is 10.1 Å². The van der Waals surface area contributed by atoms with Crippen LogP contribution in [0.5, 0.6) is 5.75 Å². The number of hydrogen-bond donors (Lipinski definition) is 3. The highest BCUT2D eigenvalue weighted by atomic mass is 16.5. The van der Waals surface area contributed by atoms with E-state index in [0.29, 0.717) is 28.3 Å². The number of ether oxygens (including phenoxy) is 1. The van der Waals surface area contributed by atoms with Gasteiger partial charge in [0.25, 0.3) is 5.91 Å². The fourth-order valence-corrected chi connectivity index (χ4v) is 3.16. The number of carbonyl (C=O) groups excluding carboxylic acids is 1. The normalized spacial score (nSPS) is 14.8. The Balaban J connectivity index is 1.75. The number of rotatable bonds is 3. The molecule has 1 aromatic heterocycles. The van der Waals surface area contributed by atoms with Gasteiger partial charge in [-0.25, -0.2) is 0 Å². The smallest absolute Gasteiger partial charge is 0.256 e. The van der Waals surface area contributed by atoms with Crippen LogP contribution in [0, 0.1) is 11.8 Å². The van der Waals surface area contributed by atoms with Gasteiger partial charge in [0.05, 0.1) is 24.1 Å². The summed E-state index contributed by atoms with van der Waals surface area (Å²) in [5, 5.41) is 13.2. The first-order chi connectivity index (χ1) is 13.7. The molecule has 1 aliphatic rings. The van der Waals surface area contributed by atoms with Crippen LogP contribution in [0.2, 0.25) is 0 Å². The van der Waals surface area contributed by atoms with Crippen LogP contribution in [-0.2, 0) is 4.79 Å². The van der Waals surface area contributed by atoms with E-state index in [1.54, 1.807) is 25.4 Å². The fraction of sp³-hybridized carbons (Fsp3) is 0.0870. The van der Waals surface area contributed by atoms with Gasteiger partial charge in [0.15, 0.2) is 0 Å². The number of benzene rings is 2. The first-order valence-electron chi connectivity index (χ1n) is 8.79. The molecule has 1 amide bonds. The number of amides is 1. The molecule has 5 nitrogen and oxygen atoms in total. The molecule has 0 spiro atoms. The molecule has 3 N–H and O–H groups in total. The summed E-state index contributed by atoms with van der Waals surface area (Å²) in [5.41, 5.74) is 4.01. The average molecular weight is 370 g/mol. The van der Waals surface area contributed by atoms with Gasteiger partial charge >= 0.3 is 0 Å². The molecule has 2 heterocycles. The lowest BCUT2D eigenvalue weighted by atomic mass is 9.99. The Bertz CT molecular complexity index is 1120. The van der Waals surface area contributed by atoms with Crippen molar-refractivity contribution in [3.05, 3.63) is 83.2 Å². The van der Waals surface area contributed by atoms with Crippen molar-refractivity contribution in [1.29, 1.82) is 0 Å². The Hall–Kier alpha value is -3.75. The Morgan fingerprint density at radius 2 is 1.93 bits per heavy atom. The molecule has 0 saturated heterocycles. The Labute approximate surface area is 162 Å². The predicted molar refractivity (Wildman–Crippen MR) is 109 cm³/mol. The summed E-state index contributed by atoms with van der Waals surface area (Å²) < 4.78 is 5.31. The molecule has 28 heavy (non-hydrogen) atoms. The van der Waals surface area contributed by atoms with E-state index in [1.165, 1.54) is 0 Å². The number of carbonyl (C=O) groups is 1. The molecular weight excluding hydrogens is 352 g/mol. The zero-order valence-electron chi connectivity index (χ0n) is 15.2. The van der Waals surface area contributed by atoms with Crippen LogP contribution in [-0.4, -0.2) is 23.1 Å². The van der Waals surface area contributed by atoms with Crippen LogP contribution in [0.3, 0.4) is 0 Å². The van der Waals surface area contributed by atoms with Gasteiger partial charge in [-0.1, -0.05) is 48.2 Å². The molecule has 1 atom stereocenters. The van der Waals surface area contributed by atoms with Crippen molar-refractivity contribution >= 4 is 23.2 Å². The summed E-state index contributed by atoms with van der Waals surface area (Å²) in [6.07, 6.45) is 2.60. The van der Waals surface area contributed by atoms with Crippen LogP contribution in [0.1, 0.15) is 28.5 Å². The Kier molecular flexibility index (Phi) is 4.71.